The molecule has 12 atom stereocenters. The lowest BCUT2D eigenvalue weighted by atomic mass is 9.43. The molecule has 6 fully saturated rings. The van der Waals surface area contributed by atoms with Crippen molar-refractivity contribution in [3.63, 3.8) is 0 Å². The molecular weight excluding hydrogens is 382 g/mol. The number of piperidine rings is 1. The highest BCUT2D eigenvalue weighted by molar-refractivity contribution is 5.33. The van der Waals surface area contributed by atoms with Crippen LogP contribution in [0, 0.1) is 40.4 Å². The highest BCUT2D eigenvalue weighted by Gasteiger charge is 2.83. The summed E-state index contributed by atoms with van der Waals surface area (Å²) in [5, 5.41) is 23.8. The minimum atomic E-state index is -0.847. The molecule has 5 aliphatic carbocycles. The lowest BCUT2D eigenvalue weighted by molar-refractivity contribution is -0.276. The number of nitrogens with zero attached hydrogens (tertiary/aromatic N) is 1. The molecule has 2 N–H and O–H groups in total. The van der Waals surface area contributed by atoms with Crippen molar-refractivity contribution >= 4 is 0 Å². The molecule has 0 amide bonds. The Labute approximate surface area is 180 Å². The fourth-order valence-corrected chi connectivity index (χ4v) is 10.7. The number of methoxy groups -OCH3 is 3. The van der Waals surface area contributed by atoms with Gasteiger partial charge in [-0.25, -0.2) is 0 Å². The van der Waals surface area contributed by atoms with Gasteiger partial charge in [0.1, 0.15) is 0 Å². The van der Waals surface area contributed by atoms with Crippen LogP contribution in [0.15, 0.2) is 0 Å². The molecule has 0 aromatic heterocycles. The van der Waals surface area contributed by atoms with Gasteiger partial charge in [0.2, 0.25) is 0 Å². The topological polar surface area (TPSA) is 71.4 Å². The number of aliphatic hydroxyl groups is 2. The molecule has 1 heterocycles. The number of hydrogen-bond acceptors (Lipinski definition) is 6. The van der Waals surface area contributed by atoms with E-state index in [9.17, 15) is 10.2 Å². The third kappa shape index (κ3) is 2.00. The van der Waals surface area contributed by atoms with Crippen LogP contribution in [0.3, 0.4) is 0 Å². The zero-order valence-electron chi connectivity index (χ0n) is 18.9. The van der Waals surface area contributed by atoms with Gasteiger partial charge in [-0.15, -0.1) is 0 Å². The number of hydrogen-bond donors (Lipinski definition) is 2. The summed E-state index contributed by atoms with van der Waals surface area (Å²) in [7, 11) is 5.48. The minimum absolute atomic E-state index is 0.000283. The molecule has 1 saturated heterocycles. The third-order valence-electron chi connectivity index (χ3n) is 11.2. The van der Waals surface area contributed by atoms with E-state index in [-0.39, 0.29) is 46.7 Å². The molecule has 6 heteroatoms. The van der Waals surface area contributed by atoms with Crippen LogP contribution in [-0.2, 0) is 14.2 Å². The maximum Gasteiger partial charge on any atom is 0.0771 e. The average molecular weight is 422 g/mol. The van der Waals surface area contributed by atoms with E-state index < -0.39 is 11.7 Å². The molecule has 6 aliphatic rings. The Bertz CT molecular complexity index is 720. The first-order valence-corrected chi connectivity index (χ1v) is 12.1. The number of fused-ring (bicyclic) bond motifs is 2. The van der Waals surface area contributed by atoms with Gasteiger partial charge < -0.3 is 24.4 Å². The van der Waals surface area contributed by atoms with Gasteiger partial charge in [-0.2, -0.15) is 0 Å². The summed E-state index contributed by atoms with van der Waals surface area (Å²) in [5.41, 5.74) is -0.719. The Morgan fingerprint density at radius 3 is 2.57 bits per heavy atom. The Hall–Kier alpha value is -0.240. The minimum Gasteiger partial charge on any atom is -0.392 e. The smallest absolute Gasteiger partial charge is 0.0771 e. The van der Waals surface area contributed by atoms with Crippen LogP contribution in [0.2, 0.25) is 0 Å². The predicted octanol–water partition coefficient (Wildman–Crippen LogP) is 1.53. The van der Waals surface area contributed by atoms with Gasteiger partial charge in [-0.05, 0) is 44.1 Å². The Morgan fingerprint density at radius 1 is 1.10 bits per heavy atom. The van der Waals surface area contributed by atoms with Crippen molar-refractivity contribution in [3.8, 4) is 0 Å². The number of rotatable bonds is 5. The highest BCUT2D eigenvalue weighted by atomic mass is 16.5. The zero-order valence-corrected chi connectivity index (χ0v) is 18.9. The van der Waals surface area contributed by atoms with E-state index in [1.807, 2.05) is 14.2 Å². The summed E-state index contributed by atoms with van der Waals surface area (Å²) < 4.78 is 18.0. The van der Waals surface area contributed by atoms with Gasteiger partial charge in [0.05, 0.1) is 30.5 Å². The molecule has 4 unspecified atom stereocenters. The second-order valence-electron chi connectivity index (χ2n) is 11.5. The molecule has 170 valence electrons. The second-order valence-corrected chi connectivity index (χ2v) is 11.5. The normalized spacial score (nSPS) is 60.8. The molecule has 1 aliphatic heterocycles. The summed E-state index contributed by atoms with van der Waals surface area (Å²) in [6.07, 6.45) is 4.52. The van der Waals surface area contributed by atoms with Gasteiger partial charge in [-0.3, -0.25) is 4.90 Å². The van der Waals surface area contributed by atoms with Crippen LogP contribution in [0.4, 0.5) is 0 Å². The van der Waals surface area contributed by atoms with Gasteiger partial charge in [0.15, 0.2) is 0 Å². The lowest BCUT2D eigenvalue weighted by Crippen LogP contribution is -2.76. The van der Waals surface area contributed by atoms with Crippen molar-refractivity contribution in [2.45, 2.75) is 69.0 Å². The van der Waals surface area contributed by atoms with Crippen molar-refractivity contribution in [2.75, 3.05) is 41.0 Å². The molecule has 5 saturated carbocycles. The average Bonchev–Trinajstić information content (AvgIpc) is 3.15. The van der Waals surface area contributed by atoms with E-state index in [2.05, 4.69) is 11.8 Å². The maximum absolute atomic E-state index is 12.4. The van der Waals surface area contributed by atoms with Crippen LogP contribution in [0.25, 0.3) is 0 Å². The van der Waals surface area contributed by atoms with Crippen LogP contribution >= 0.6 is 0 Å². The molecule has 0 aromatic rings. The first-order chi connectivity index (χ1) is 14.4. The molecule has 1 spiro atoms. The number of likely N-dealkylation sites (tertiary alicyclic amines) is 1. The van der Waals surface area contributed by atoms with Crippen molar-refractivity contribution in [1.82, 2.24) is 4.90 Å². The lowest BCUT2D eigenvalue weighted by Gasteiger charge is -2.69. The van der Waals surface area contributed by atoms with Crippen molar-refractivity contribution in [2.24, 2.45) is 40.4 Å². The number of aliphatic hydroxyl groups excluding tert-OH is 1. The largest absolute Gasteiger partial charge is 0.392 e. The zero-order chi connectivity index (χ0) is 21.1. The van der Waals surface area contributed by atoms with Crippen LogP contribution in [-0.4, -0.2) is 86.1 Å². The standard InChI is InChI=1S/C24H39NO5/c1-5-25-11-22(12-28-2)7-6-18(30-4)24-14-8-13-16(29-3)10-23(27,19(14)20(13)26)15(21(24)25)9-17(22)24/h13-21,26-27H,5-12H2,1-4H3/t13-,14?,15-,16+,17?,18+,19?,20+,21?,22+,23+,24-/m1/s1. The third-order valence-corrected chi connectivity index (χ3v) is 11.2. The molecule has 0 radical (unpaired) electrons. The van der Waals surface area contributed by atoms with Crippen LogP contribution < -0.4 is 0 Å². The summed E-state index contributed by atoms with van der Waals surface area (Å²) >= 11 is 0. The van der Waals surface area contributed by atoms with Crippen LogP contribution in [0.5, 0.6) is 0 Å². The van der Waals surface area contributed by atoms with Crippen LogP contribution in [0.1, 0.15) is 39.0 Å². The van der Waals surface area contributed by atoms with E-state index in [0.717, 1.165) is 45.4 Å². The second kappa shape index (κ2) is 6.42. The summed E-state index contributed by atoms with van der Waals surface area (Å²) in [4.78, 5) is 2.67. The van der Waals surface area contributed by atoms with Gasteiger partial charge in [0, 0.05) is 68.9 Å². The Morgan fingerprint density at radius 2 is 1.90 bits per heavy atom. The van der Waals surface area contributed by atoms with Gasteiger partial charge >= 0.3 is 0 Å². The van der Waals surface area contributed by atoms with E-state index in [0.29, 0.717) is 18.4 Å². The SMILES string of the molecule is CCN1C[C@]2(COC)CC[C@H](OC)[C@@]34C5C[C@@H]6[C@@H](OC)C[C@@](O)(C5[C@H]6O)[C@H](CC23)C14. The van der Waals surface area contributed by atoms with Crippen molar-refractivity contribution < 1.29 is 24.4 Å². The van der Waals surface area contributed by atoms with Gasteiger partial charge in [-0.1, -0.05) is 6.92 Å². The number of ether oxygens (including phenoxy) is 3. The first-order valence-electron chi connectivity index (χ1n) is 12.1. The maximum atomic E-state index is 12.4. The fraction of sp³-hybridized carbons (Fsp3) is 1.00. The van der Waals surface area contributed by atoms with E-state index >= 15 is 0 Å². The molecule has 7 bridgehead atoms. The van der Waals surface area contributed by atoms with E-state index in [4.69, 9.17) is 14.2 Å². The summed E-state index contributed by atoms with van der Waals surface area (Å²) in [6.45, 7) is 5.11. The molecule has 6 rings (SSSR count). The van der Waals surface area contributed by atoms with Crippen molar-refractivity contribution in [3.05, 3.63) is 0 Å². The van der Waals surface area contributed by atoms with E-state index in [1.165, 1.54) is 0 Å². The highest BCUT2D eigenvalue weighted by Crippen LogP contribution is 2.79. The summed E-state index contributed by atoms with van der Waals surface area (Å²) in [5.74, 6) is 1.03. The summed E-state index contributed by atoms with van der Waals surface area (Å²) in [6, 6.07) is 0.329. The predicted molar refractivity (Wildman–Crippen MR) is 111 cm³/mol. The fourth-order valence-electron chi connectivity index (χ4n) is 10.7. The molecule has 30 heavy (non-hydrogen) atoms. The Balaban J connectivity index is 1.58. The molecule has 0 aromatic carbocycles. The molecule has 6 nitrogen and oxygen atoms in total. The van der Waals surface area contributed by atoms with E-state index in [1.54, 1.807) is 7.11 Å². The Kier molecular flexibility index (Phi) is 4.36. The van der Waals surface area contributed by atoms with Gasteiger partial charge in [0.25, 0.3) is 0 Å². The molecular formula is C24H39NO5. The van der Waals surface area contributed by atoms with Crippen molar-refractivity contribution in [1.29, 1.82) is 0 Å². The quantitative estimate of drug-likeness (QED) is 0.702. The first kappa shape index (κ1) is 20.4. The monoisotopic (exact) mass is 421 g/mol.